The molecule has 1 atom stereocenters. The SMILES string of the molecule is CC(C)(C)CC(CC(=O)O)NS(=O)(=O)CC1CC1. The van der Waals surface area contributed by atoms with Gasteiger partial charge in [-0.1, -0.05) is 20.8 Å². The molecule has 0 aromatic carbocycles. The number of carboxylic acid groups (broad SMARTS) is 1. The minimum atomic E-state index is -3.35. The van der Waals surface area contributed by atoms with Gasteiger partial charge in [0.05, 0.1) is 12.2 Å². The van der Waals surface area contributed by atoms with E-state index in [2.05, 4.69) is 4.72 Å². The van der Waals surface area contributed by atoms with E-state index in [1.165, 1.54) is 0 Å². The van der Waals surface area contributed by atoms with E-state index in [-0.39, 0.29) is 23.5 Å². The second kappa shape index (κ2) is 5.57. The van der Waals surface area contributed by atoms with Gasteiger partial charge in [0.25, 0.3) is 0 Å². The molecule has 0 amide bonds. The average molecular weight is 277 g/mol. The van der Waals surface area contributed by atoms with Crippen molar-refractivity contribution in [2.24, 2.45) is 11.3 Å². The molecule has 5 nitrogen and oxygen atoms in total. The fourth-order valence-electron chi connectivity index (χ4n) is 2.00. The topological polar surface area (TPSA) is 83.5 Å². The van der Waals surface area contributed by atoms with Crippen LogP contribution in [0.3, 0.4) is 0 Å². The number of aliphatic carboxylic acids is 1. The predicted octanol–water partition coefficient (Wildman–Crippen LogP) is 1.60. The van der Waals surface area contributed by atoms with Crippen molar-refractivity contribution in [1.29, 1.82) is 0 Å². The summed E-state index contributed by atoms with van der Waals surface area (Å²) in [6.45, 7) is 5.91. The maximum atomic E-state index is 11.9. The molecule has 0 heterocycles. The summed E-state index contributed by atoms with van der Waals surface area (Å²) in [6.07, 6.45) is 2.28. The number of rotatable bonds is 7. The standard InChI is InChI=1S/C12H23NO4S/c1-12(2,3)7-10(6-11(14)15)13-18(16,17)8-9-4-5-9/h9-10,13H,4-8H2,1-3H3,(H,14,15). The molecule has 0 aromatic heterocycles. The van der Waals surface area contributed by atoms with Crippen LogP contribution in [0.5, 0.6) is 0 Å². The molecule has 0 aliphatic heterocycles. The van der Waals surface area contributed by atoms with Crippen LogP contribution in [0.25, 0.3) is 0 Å². The zero-order valence-corrected chi connectivity index (χ0v) is 12.1. The van der Waals surface area contributed by atoms with Crippen molar-refractivity contribution in [1.82, 2.24) is 4.72 Å². The normalized spacial score (nSPS) is 18.6. The third-order valence-corrected chi connectivity index (χ3v) is 4.38. The van der Waals surface area contributed by atoms with E-state index < -0.39 is 22.0 Å². The van der Waals surface area contributed by atoms with Gasteiger partial charge in [-0.15, -0.1) is 0 Å². The van der Waals surface area contributed by atoms with Crippen LogP contribution in [0.2, 0.25) is 0 Å². The van der Waals surface area contributed by atoms with Gasteiger partial charge in [0, 0.05) is 6.04 Å². The Morgan fingerprint density at radius 3 is 2.33 bits per heavy atom. The van der Waals surface area contributed by atoms with Gasteiger partial charge in [0.2, 0.25) is 10.0 Å². The highest BCUT2D eigenvalue weighted by Gasteiger charge is 2.31. The highest BCUT2D eigenvalue weighted by molar-refractivity contribution is 7.89. The summed E-state index contributed by atoms with van der Waals surface area (Å²) in [5, 5.41) is 8.84. The molecule has 0 aromatic rings. The zero-order valence-electron chi connectivity index (χ0n) is 11.3. The fourth-order valence-corrected chi connectivity index (χ4v) is 3.73. The smallest absolute Gasteiger partial charge is 0.304 e. The molecule has 1 unspecified atom stereocenters. The molecule has 1 fully saturated rings. The third kappa shape index (κ3) is 6.96. The molecule has 0 saturated heterocycles. The van der Waals surface area contributed by atoms with E-state index in [1.807, 2.05) is 20.8 Å². The van der Waals surface area contributed by atoms with Crippen molar-refractivity contribution in [2.75, 3.05) is 5.75 Å². The molecule has 1 aliphatic carbocycles. The Bertz CT molecular complexity index is 393. The fraction of sp³-hybridized carbons (Fsp3) is 0.917. The Kier molecular flexibility index (Phi) is 4.78. The average Bonchev–Trinajstić information content (AvgIpc) is 2.80. The summed E-state index contributed by atoms with van der Waals surface area (Å²) < 4.78 is 26.3. The van der Waals surface area contributed by atoms with Crippen LogP contribution in [0.1, 0.15) is 46.5 Å². The molecule has 0 radical (unpaired) electrons. The van der Waals surface area contributed by atoms with Gasteiger partial charge >= 0.3 is 5.97 Å². The van der Waals surface area contributed by atoms with Crippen LogP contribution in [0, 0.1) is 11.3 Å². The number of sulfonamides is 1. The summed E-state index contributed by atoms with van der Waals surface area (Å²) in [4.78, 5) is 10.8. The summed E-state index contributed by atoms with van der Waals surface area (Å²) in [5.41, 5.74) is -0.109. The number of hydrogen-bond donors (Lipinski definition) is 2. The molecule has 6 heteroatoms. The lowest BCUT2D eigenvalue weighted by molar-refractivity contribution is -0.137. The molecular formula is C12H23NO4S. The molecular weight excluding hydrogens is 254 g/mol. The van der Waals surface area contributed by atoms with E-state index in [4.69, 9.17) is 5.11 Å². The van der Waals surface area contributed by atoms with Crippen LogP contribution < -0.4 is 4.72 Å². The Balaban J connectivity index is 2.61. The van der Waals surface area contributed by atoms with Crippen molar-refractivity contribution in [3.8, 4) is 0 Å². The van der Waals surface area contributed by atoms with Crippen molar-refractivity contribution < 1.29 is 18.3 Å². The Morgan fingerprint density at radius 2 is 1.94 bits per heavy atom. The Hall–Kier alpha value is -0.620. The van der Waals surface area contributed by atoms with Gasteiger partial charge in [-0.3, -0.25) is 4.79 Å². The number of carbonyl (C=O) groups is 1. The molecule has 106 valence electrons. The van der Waals surface area contributed by atoms with E-state index in [1.54, 1.807) is 0 Å². The van der Waals surface area contributed by atoms with Gasteiger partial charge in [0.1, 0.15) is 0 Å². The van der Waals surface area contributed by atoms with Gasteiger partial charge in [-0.2, -0.15) is 0 Å². The quantitative estimate of drug-likeness (QED) is 0.740. The zero-order chi connectivity index (χ0) is 14.0. The highest BCUT2D eigenvalue weighted by atomic mass is 32.2. The summed E-state index contributed by atoms with van der Waals surface area (Å²) in [5.74, 6) is -0.575. The molecule has 1 saturated carbocycles. The molecule has 0 bridgehead atoms. The molecule has 1 rings (SSSR count). The minimum absolute atomic E-state index is 0.109. The Labute approximate surface area is 109 Å². The van der Waals surface area contributed by atoms with Crippen LogP contribution >= 0.6 is 0 Å². The van der Waals surface area contributed by atoms with Crippen molar-refractivity contribution in [3.63, 3.8) is 0 Å². The third-order valence-electron chi connectivity index (χ3n) is 2.78. The van der Waals surface area contributed by atoms with Crippen molar-refractivity contribution >= 4 is 16.0 Å². The molecule has 18 heavy (non-hydrogen) atoms. The summed E-state index contributed by atoms with van der Waals surface area (Å²) in [7, 11) is -3.35. The predicted molar refractivity (Wildman–Crippen MR) is 69.8 cm³/mol. The molecule has 1 aliphatic rings. The van der Waals surface area contributed by atoms with Crippen molar-refractivity contribution in [3.05, 3.63) is 0 Å². The lowest BCUT2D eigenvalue weighted by Gasteiger charge is -2.25. The number of carboxylic acids is 1. The number of hydrogen-bond acceptors (Lipinski definition) is 3. The second-order valence-electron chi connectivity index (χ2n) is 6.40. The highest BCUT2D eigenvalue weighted by Crippen LogP contribution is 2.30. The van der Waals surface area contributed by atoms with Crippen LogP contribution in [0.15, 0.2) is 0 Å². The first-order valence-electron chi connectivity index (χ1n) is 6.29. The van der Waals surface area contributed by atoms with E-state index >= 15 is 0 Å². The maximum absolute atomic E-state index is 11.9. The maximum Gasteiger partial charge on any atom is 0.304 e. The van der Waals surface area contributed by atoms with Gasteiger partial charge < -0.3 is 5.11 Å². The Morgan fingerprint density at radius 1 is 1.39 bits per heavy atom. The van der Waals surface area contributed by atoms with E-state index in [0.717, 1.165) is 12.8 Å². The lowest BCUT2D eigenvalue weighted by Crippen LogP contribution is -2.40. The van der Waals surface area contributed by atoms with Gasteiger partial charge in [-0.05, 0) is 30.6 Å². The summed E-state index contributed by atoms with van der Waals surface area (Å²) in [6, 6.07) is -0.522. The van der Waals surface area contributed by atoms with Gasteiger partial charge in [0.15, 0.2) is 0 Å². The first-order chi connectivity index (χ1) is 8.07. The first kappa shape index (κ1) is 15.4. The second-order valence-corrected chi connectivity index (χ2v) is 8.20. The van der Waals surface area contributed by atoms with E-state index in [0.29, 0.717) is 6.42 Å². The van der Waals surface area contributed by atoms with Crippen LogP contribution in [-0.4, -0.2) is 31.3 Å². The number of nitrogens with one attached hydrogen (secondary N) is 1. The van der Waals surface area contributed by atoms with E-state index in [9.17, 15) is 13.2 Å². The molecule has 0 spiro atoms. The van der Waals surface area contributed by atoms with Gasteiger partial charge in [-0.25, -0.2) is 13.1 Å². The lowest BCUT2D eigenvalue weighted by atomic mass is 9.87. The van der Waals surface area contributed by atoms with Crippen LogP contribution in [-0.2, 0) is 14.8 Å². The summed E-state index contributed by atoms with van der Waals surface area (Å²) >= 11 is 0. The molecule has 2 N–H and O–H groups in total. The van der Waals surface area contributed by atoms with Crippen molar-refractivity contribution in [2.45, 2.75) is 52.5 Å². The first-order valence-corrected chi connectivity index (χ1v) is 7.94. The monoisotopic (exact) mass is 277 g/mol. The largest absolute Gasteiger partial charge is 0.481 e. The van der Waals surface area contributed by atoms with Crippen LogP contribution in [0.4, 0.5) is 0 Å². The minimum Gasteiger partial charge on any atom is -0.481 e.